The summed E-state index contributed by atoms with van der Waals surface area (Å²) in [6.45, 7) is 4.00. The van der Waals surface area contributed by atoms with Gasteiger partial charge in [-0.1, -0.05) is 38.5 Å². The third-order valence-electron chi connectivity index (χ3n) is 4.11. The molecule has 0 aliphatic heterocycles. The number of allylic oxidation sites excluding steroid dienone is 1. The fourth-order valence-electron chi connectivity index (χ4n) is 2.77. The van der Waals surface area contributed by atoms with Crippen molar-refractivity contribution in [2.45, 2.75) is 38.8 Å². The van der Waals surface area contributed by atoms with Gasteiger partial charge in [0, 0.05) is 11.1 Å². The first kappa shape index (κ1) is 20.1. The van der Waals surface area contributed by atoms with Crippen molar-refractivity contribution >= 4 is 5.83 Å². The van der Waals surface area contributed by atoms with E-state index in [4.69, 9.17) is 0 Å². The lowest BCUT2D eigenvalue weighted by Crippen LogP contribution is -2.02. The van der Waals surface area contributed by atoms with Crippen LogP contribution in [0.15, 0.2) is 42.5 Å². The first-order valence-electron chi connectivity index (χ1n) is 8.17. The molecule has 0 heterocycles. The van der Waals surface area contributed by atoms with Crippen LogP contribution in [0.4, 0.5) is 26.3 Å². The summed E-state index contributed by atoms with van der Waals surface area (Å²) >= 11 is 0. The van der Waals surface area contributed by atoms with Crippen molar-refractivity contribution in [2.75, 3.05) is 0 Å². The molecule has 0 aliphatic rings. The molecule has 1 atom stereocenters. The minimum Gasteiger partial charge on any atom is -0.206 e. The quantitative estimate of drug-likeness (QED) is 0.480. The highest BCUT2D eigenvalue weighted by atomic mass is 19.4. The molecule has 140 valence electrons. The molecule has 0 radical (unpaired) electrons. The second-order valence-electron chi connectivity index (χ2n) is 6.16. The van der Waals surface area contributed by atoms with Crippen molar-refractivity contribution in [3.63, 3.8) is 0 Å². The van der Waals surface area contributed by atoms with Gasteiger partial charge in [0.2, 0.25) is 0 Å². The minimum atomic E-state index is -4.90. The SMILES string of the molecule is CCCC(C)c1ccc(-c2ccc(/C(F)=C/C(F)(F)F)c(F)c2)c(F)c1. The Morgan fingerprint density at radius 1 is 1.04 bits per heavy atom. The third kappa shape index (κ3) is 4.90. The van der Waals surface area contributed by atoms with Gasteiger partial charge in [0.05, 0.1) is 6.08 Å². The smallest absolute Gasteiger partial charge is 0.206 e. The number of rotatable bonds is 5. The molecule has 2 aromatic carbocycles. The lowest BCUT2D eigenvalue weighted by atomic mass is 9.93. The van der Waals surface area contributed by atoms with Crippen LogP contribution in [0.2, 0.25) is 0 Å². The number of alkyl halides is 3. The summed E-state index contributed by atoms with van der Waals surface area (Å²) < 4.78 is 78.5. The second-order valence-corrected chi connectivity index (χ2v) is 6.16. The Kier molecular flexibility index (Phi) is 6.16. The van der Waals surface area contributed by atoms with Gasteiger partial charge in [-0.05, 0) is 41.7 Å². The lowest BCUT2D eigenvalue weighted by molar-refractivity contribution is -0.0798. The highest BCUT2D eigenvalue weighted by Crippen LogP contribution is 2.32. The van der Waals surface area contributed by atoms with Gasteiger partial charge in [0.1, 0.15) is 17.5 Å². The van der Waals surface area contributed by atoms with E-state index in [0.29, 0.717) is 0 Å². The van der Waals surface area contributed by atoms with E-state index in [1.54, 1.807) is 6.07 Å². The first-order valence-corrected chi connectivity index (χ1v) is 8.17. The van der Waals surface area contributed by atoms with Crippen molar-refractivity contribution in [3.05, 3.63) is 65.2 Å². The van der Waals surface area contributed by atoms with E-state index in [9.17, 15) is 26.3 Å². The summed E-state index contributed by atoms with van der Waals surface area (Å²) in [6.07, 6.45) is -3.66. The molecule has 0 nitrogen and oxygen atoms in total. The molecule has 26 heavy (non-hydrogen) atoms. The Balaban J connectivity index is 2.36. The molecule has 0 aliphatic carbocycles. The van der Waals surface area contributed by atoms with Gasteiger partial charge >= 0.3 is 6.18 Å². The highest BCUT2D eigenvalue weighted by Gasteiger charge is 2.26. The Labute approximate surface area is 148 Å². The lowest BCUT2D eigenvalue weighted by Gasteiger charge is -2.13. The Hall–Kier alpha value is -2.24. The van der Waals surface area contributed by atoms with E-state index >= 15 is 0 Å². The van der Waals surface area contributed by atoms with E-state index in [2.05, 4.69) is 0 Å². The fraction of sp³-hybridized carbons (Fsp3) is 0.300. The van der Waals surface area contributed by atoms with Gasteiger partial charge in [-0.25, -0.2) is 13.2 Å². The zero-order valence-corrected chi connectivity index (χ0v) is 14.3. The Morgan fingerprint density at radius 3 is 2.27 bits per heavy atom. The second kappa shape index (κ2) is 7.98. The molecule has 2 rings (SSSR count). The van der Waals surface area contributed by atoms with Crippen molar-refractivity contribution < 1.29 is 26.3 Å². The predicted molar refractivity (Wildman–Crippen MR) is 90.3 cm³/mol. The maximum absolute atomic E-state index is 14.4. The van der Waals surface area contributed by atoms with Crippen LogP contribution in [0.25, 0.3) is 17.0 Å². The largest absolute Gasteiger partial charge is 0.412 e. The predicted octanol–water partition coefficient (Wildman–Crippen LogP) is 7.41. The molecule has 1 unspecified atom stereocenters. The molecule has 0 spiro atoms. The molecule has 0 N–H and O–H groups in total. The molecule has 0 amide bonds. The number of halogens is 6. The third-order valence-corrected chi connectivity index (χ3v) is 4.11. The minimum absolute atomic E-state index is 0.100. The van der Waals surface area contributed by atoms with E-state index in [1.807, 2.05) is 13.8 Å². The molecule has 0 aromatic heterocycles. The summed E-state index contributed by atoms with van der Waals surface area (Å²) in [5.74, 6) is -3.32. The molecular formula is C20H18F6. The highest BCUT2D eigenvalue weighted by molar-refractivity contribution is 5.69. The molecular weight excluding hydrogens is 354 g/mol. The van der Waals surface area contributed by atoms with E-state index in [-0.39, 0.29) is 17.0 Å². The maximum Gasteiger partial charge on any atom is 0.412 e. The van der Waals surface area contributed by atoms with Crippen LogP contribution in [0, 0.1) is 11.6 Å². The van der Waals surface area contributed by atoms with Crippen LogP contribution in [-0.2, 0) is 0 Å². The zero-order valence-electron chi connectivity index (χ0n) is 14.3. The molecule has 0 fully saturated rings. The Morgan fingerprint density at radius 2 is 1.73 bits per heavy atom. The molecule has 0 bridgehead atoms. The average Bonchev–Trinajstić information content (AvgIpc) is 2.53. The number of hydrogen-bond donors (Lipinski definition) is 0. The number of hydrogen-bond acceptors (Lipinski definition) is 0. The van der Waals surface area contributed by atoms with Gasteiger partial charge in [0.25, 0.3) is 0 Å². The monoisotopic (exact) mass is 372 g/mol. The topological polar surface area (TPSA) is 0 Å². The Bertz CT molecular complexity index is 804. The first-order chi connectivity index (χ1) is 12.1. The normalized spacial score (nSPS) is 13.8. The van der Waals surface area contributed by atoms with Crippen LogP contribution in [0.1, 0.15) is 43.7 Å². The van der Waals surface area contributed by atoms with E-state index in [0.717, 1.165) is 30.5 Å². The fourth-order valence-corrected chi connectivity index (χ4v) is 2.77. The molecule has 0 saturated heterocycles. The summed E-state index contributed by atoms with van der Waals surface area (Å²) in [4.78, 5) is 0. The van der Waals surface area contributed by atoms with Gasteiger partial charge in [-0.15, -0.1) is 0 Å². The van der Waals surface area contributed by atoms with Crippen LogP contribution < -0.4 is 0 Å². The number of benzene rings is 2. The summed E-state index contributed by atoms with van der Waals surface area (Å²) in [5.41, 5.74) is 0.213. The van der Waals surface area contributed by atoms with Crippen LogP contribution >= 0.6 is 0 Å². The van der Waals surface area contributed by atoms with E-state index in [1.165, 1.54) is 18.2 Å². The van der Waals surface area contributed by atoms with Crippen LogP contribution in [-0.4, -0.2) is 6.18 Å². The van der Waals surface area contributed by atoms with Gasteiger partial charge in [-0.2, -0.15) is 13.2 Å². The summed E-state index contributed by atoms with van der Waals surface area (Å²) in [5, 5.41) is 0. The maximum atomic E-state index is 14.4. The standard InChI is InChI=1S/C20H18F6/c1-3-4-12(2)13-5-7-15(17(21)9-13)14-6-8-16(18(22)10-14)19(23)11-20(24,25)26/h5-12H,3-4H2,1-2H3/b19-11-. The molecule has 6 heteroatoms. The van der Waals surface area contributed by atoms with Crippen LogP contribution in [0.3, 0.4) is 0 Å². The van der Waals surface area contributed by atoms with Crippen molar-refractivity contribution in [3.8, 4) is 11.1 Å². The molecule has 2 aromatic rings. The van der Waals surface area contributed by atoms with Gasteiger partial charge < -0.3 is 0 Å². The van der Waals surface area contributed by atoms with Crippen molar-refractivity contribution in [2.24, 2.45) is 0 Å². The van der Waals surface area contributed by atoms with Gasteiger partial charge in [-0.3, -0.25) is 0 Å². The molecule has 0 saturated carbocycles. The van der Waals surface area contributed by atoms with E-state index < -0.39 is 35.3 Å². The van der Waals surface area contributed by atoms with Crippen LogP contribution in [0.5, 0.6) is 0 Å². The van der Waals surface area contributed by atoms with Crippen molar-refractivity contribution in [1.29, 1.82) is 0 Å². The summed E-state index contributed by atoms with van der Waals surface area (Å²) in [7, 11) is 0. The van der Waals surface area contributed by atoms with Crippen molar-refractivity contribution in [1.82, 2.24) is 0 Å². The zero-order chi connectivity index (χ0) is 19.5. The van der Waals surface area contributed by atoms with Gasteiger partial charge in [0.15, 0.2) is 0 Å². The average molecular weight is 372 g/mol. The summed E-state index contributed by atoms with van der Waals surface area (Å²) in [6, 6.07) is 7.48.